The lowest BCUT2D eigenvalue weighted by atomic mass is 9.69. The zero-order chi connectivity index (χ0) is 12.0. The number of Topliss-reactive ketones (excluding diaryl/α,β-unsaturated/α-hetero) is 1. The van der Waals surface area contributed by atoms with E-state index in [1.807, 2.05) is 6.92 Å². The van der Waals surface area contributed by atoms with Crippen LogP contribution in [0.4, 0.5) is 0 Å². The SMILES string of the molecule is CCC1(C(=O)C(C)CCOC)CCNCC1. The summed E-state index contributed by atoms with van der Waals surface area (Å²) in [4.78, 5) is 12.5. The van der Waals surface area contributed by atoms with Crippen molar-refractivity contribution in [3.8, 4) is 0 Å². The second-order valence-corrected chi connectivity index (χ2v) is 4.93. The average Bonchev–Trinajstić information content (AvgIpc) is 2.35. The van der Waals surface area contributed by atoms with Gasteiger partial charge in [-0.05, 0) is 38.8 Å². The maximum atomic E-state index is 12.5. The smallest absolute Gasteiger partial charge is 0.141 e. The maximum absolute atomic E-state index is 12.5. The van der Waals surface area contributed by atoms with Crippen LogP contribution in [0, 0.1) is 11.3 Å². The van der Waals surface area contributed by atoms with Crippen molar-refractivity contribution in [2.75, 3.05) is 26.8 Å². The van der Waals surface area contributed by atoms with Crippen molar-refractivity contribution in [2.45, 2.75) is 39.5 Å². The van der Waals surface area contributed by atoms with Crippen molar-refractivity contribution < 1.29 is 9.53 Å². The number of methoxy groups -OCH3 is 1. The number of hydrogen-bond donors (Lipinski definition) is 1. The molecule has 0 aromatic rings. The first kappa shape index (κ1) is 13.7. The zero-order valence-electron chi connectivity index (χ0n) is 10.8. The number of hydrogen-bond acceptors (Lipinski definition) is 3. The molecule has 1 heterocycles. The molecule has 1 atom stereocenters. The van der Waals surface area contributed by atoms with Gasteiger partial charge in [-0.3, -0.25) is 4.79 Å². The van der Waals surface area contributed by atoms with E-state index in [2.05, 4.69) is 12.2 Å². The molecular formula is C13H25NO2. The van der Waals surface area contributed by atoms with Gasteiger partial charge in [-0.25, -0.2) is 0 Å². The van der Waals surface area contributed by atoms with Crippen molar-refractivity contribution in [3.05, 3.63) is 0 Å². The van der Waals surface area contributed by atoms with Gasteiger partial charge in [-0.2, -0.15) is 0 Å². The van der Waals surface area contributed by atoms with Gasteiger partial charge < -0.3 is 10.1 Å². The quantitative estimate of drug-likeness (QED) is 0.754. The van der Waals surface area contributed by atoms with E-state index in [4.69, 9.17) is 4.74 Å². The molecular weight excluding hydrogens is 202 g/mol. The molecule has 0 aromatic carbocycles. The largest absolute Gasteiger partial charge is 0.385 e. The zero-order valence-corrected chi connectivity index (χ0v) is 10.8. The van der Waals surface area contributed by atoms with E-state index in [0.29, 0.717) is 12.4 Å². The van der Waals surface area contributed by atoms with E-state index in [1.165, 1.54) is 0 Å². The first-order valence-corrected chi connectivity index (χ1v) is 6.40. The number of piperidine rings is 1. The van der Waals surface area contributed by atoms with Gasteiger partial charge in [0.05, 0.1) is 0 Å². The molecule has 0 spiro atoms. The molecule has 0 radical (unpaired) electrons. The summed E-state index contributed by atoms with van der Waals surface area (Å²) < 4.78 is 5.05. The Kier molecular flexibility index (Phi) is 5.42. The summed E-state index contributed by atoms with van der Waals surface area (Å²) in [7, 11) is 1.69. The van der Waals surface area contributed by atoms with Gasteiger partial charge in [0.15, 0.2) is 0 Å². The lowest BCUT2D eigenvalue weighted by Crippen LogP contribution is -2.44. The fourth-order valence-electron chi connectivity index (χ4n) is 2.63. The van der Waals surface area contributed by atoms with Crippen LogP contribution in [-0.2, 0) is 9.53 Å². The number of carbonyl (C=O) groups excluding carboxylic acids is 1. The van der Waals surface area contributed by atoms with E-state index in [1.54, 1.807) is 7.11 Å². The normalized spacial score (nSPS) is 21.7. The fraction of sp³-hybridized carbons (Fsp3) is 0.923. The Hall–Kier alpha value is -0.410. The van der Waals surface area contributed by atoms with Crippen LogP contribution in [0.2, 0.25) is 0 Å². The van der Waals surface area contributed by atoms with Gasteiger partial charge in [0.2, 0.25) is 0 Å². The van der Waals surface area contributed by atoms with E-state index in [-0.39, 0.29) is 11.3 Å². The van der Waals surface area contributed by atoms with Gasteiger partial charge in [0.1, 0.15) is 5.78 Å². The third-order valence-electron chi connectivity index (χ3n) is 3.96. The van der Waals surface area contributed by atoms with E-state index in [0.717, 1.165) is 38.8 Å². The topological polar surface area (TPSA) is 38.3 Å². The first-order valence-electron chi connectivity index (χ1n) is 6.40. The summed E-state index contributed by atoms with van der Waals surface area (Å²) in [6.45, 7) is 6.84. The third kappa shape index (κ3) is 3.05. The highest BCUT2D eigenvalue weighted by Crippen LogP contribution is 2.36. The van der Waals surface area contributed by atoms with Gasteiger partial charge in [0, 0.05) is 25.0 Å². The molecule has 3 heteroatoms. The van der Waals surface area contributed by atoms with Gasteiger partial charge in [0.25, 0.3) is 0 Å². The van der Waals surface area contributed by atoms with Gasteiger partial charge in [-0.1, -0.05) is 13.8 Å². The summed E-state index contributed by atoms with van der Waals surface area (Å²) in [6, 6.07) is 0. The standard InChI is InChI=1S/C13H25NO2/c1-4-13(6-8-14-9-7-13)12(15)11(2)5-10-16-3/h11,14H,4-10H2,1-3H3. The Morgan fingerprint density at radius 2 is 2.06 bits per heavy atom. The predicted octanol–water partition coefficient (Wildman–Crippen LogP) is 2.01. The highest BCUT2D eigenvalue weighted by molar-refractivity contribution is 5.86. The molecule has 0 aromatic heterocycles. The minimum absolute atomic E-state index is 0.0571. The fourth-order valence-corrected chi connectivity index (χ4v) is 2.63. The summed E-state index contributed by atoms with van der Waals surface area (Å²) >= 11 is 0. The molecule has 0 aliphatic carbocycles. The molecule has 1 saturated heterocycles. The van der Waals surface area contributed by atoms with Crippen molar-refractivity contribution in [3.63, 3.8) is 0 Å². The summed E-state index contributed by atoms with van der Waals surface area (Å²) in [5.41, 5.74) is -0.0571. The van der Waals surface area contributed by atoms with Crippen LogP contribution in [0.1, 0.15) is 39.5 Å². The average molecular weight is 227 g/mol. The Balaban J connectivity index is 2.60. The first-order chi connectivity index (χ1) is 7.66. The van der Waals surface area contributed by atoms with Crippen molar-refractivity contribution in [1.82, 2.24) is 5.32 Å². The van der Waals surface area contributed by atoms with Crippen LogP contribution < -0.4 is 5.32 Å². The minimum Gasteiger partial charge on any atom is -0.385 e. The molecule has 1 aliphatic heterocycles. The van der Waals surface area contributed by atoms with E-state index >= 15 is 0 Å². The number of carbonyl (C=O) groups is 1. The molecule has 3 nitrogen and oxygen atoms in total. The van der Waals surface area contributed by atoms with Crippen molar-refractivity contribution in [1.29, 1.82) is 0 Å². The molecule has 1 N–H and O–H groups in total. The predicted molar refractivity (Wildman–Crippen MR) is 65.5 cm³/mol. The summed E-state index contributed by atoms with van der Waals surface area (Å²) in [5, 5.41) is 3.33. The second kappa shape index (κ2) is 6.36. The molecule has 1 unspecified atom stereocenters. The van der Waals surface area contributed by atoms with Crippen LogP contribution >= 0.6 is 0 Å². The number of rotatable bonds is 6. The van der Waals surface area contributed by atoms with Crippen LogP contribution in [-0.4, -0.2) is 32.6 Å². The molecule has 0 bridgehead atoms. The molecule has 1 fully saturated rings. The Morgan fingerprint density at radius 3 is 2.56 bits per heavy atom. The molecule has 1 rings (SSSR count). The Labute approximate surface area is 98.9 Å². The van der Waals surface area contributed by atoms with E-state index < -0.39 is 0 Å². The Morgan fingerprint density at radius 1 is 1.44 bits per heavy atom. The molecule has 94 valence electrons. The maximum Gasteiger partial charge on any atom is 0.141 e. The lowest BCUT2D eigenvalue weighted by molar-refractivity contribution is -0.134. The number of nitrogens with one attached hydrogen (secondary N) is 1. The third-order valence-corrected chi connectivity index (χ3v) is 3.96. The summed E-state index contributed by atoms with van der Waals surface area (Å²) in [5.74, 6) is 0.589. The van der Waals surface area contributed by atoms with Crippen molar-refractivity contribution >= 4 is 5.78 Å². The van der Waals surface area contributed by atoms with E-state index in [9.17, 15) is 4.79 Å². The highest BCUT2D eigenvalue weighted by Gasteiger charge is 2.39. The molecule has 0 saturated carbocycles. The lowest BCUT2D eigenvalue weighted by Gasteiger charge is -2.37. The van der Waals surface area contributed by atoms with Crippen LogP contribution in [0.5, 0.6) is 0 Å². The van der Waals surface area contributed by atoms with Gasteiger partial charge >= 0.3 is 0 Å². The van der Waals surface area contributed by atoms with Crippen LogP contribution in [0.3, 0.4) is 0 Å². The number of ether oxygens (including phenoxy) is 1. The van der Waals surface area contributed by atoms with Crippen molar-refractivity contribution in [2.24, 2.45) is 11.3 Å². The monoisotopic (exact) mass is 227 g/mol. The van der Waals surface area contributed by atoms with Gasteiger partial charge in [-0.15, -0.1) is 0 Å². The van der Waals surface area contributed by atoms with Crippen LogP contribution in [0.15, 0.2) is 0 Å². The molecule has 1 aliphatic rings. The summed E-state index contributed by atoms with van der Waals surface area (Å²) in [6.07, 6.45) is 3.83. The highest BCUT2D eigenvalue weighted by atomic mass is 16.5. The minimum atomic E-state index is -0.0571. The second-order valence-electron chi connectivity index (χ2n) is 4.93. The number of ketones is 1. The molecule has 16 heavy (non-hydrogen) atoms. The molecule has 0 amide bonds. The Bertz CT molecular complexity index is 222. The van der Waals surface area contributed by atoms with Crippen LogP contribution in [0.25, 0.3) is 0 Å².